The van der Waals surface area contributed by atoms with Crippen molar-refractivity contribution in [3.63, 3.8) is 0 Å². The van der Waals surface area contributed by atoms with Crippen molar-refractivity contribution in [1.29, 1.82) is 0 Å². The fourth-order valence-corrected chi connectivity index (χ4v) is 3.51. The van der Waals surface area contributed by atoms with Gasteiger partial charge in [0.15, 0.2) is 0 Å². The normalized spacial score (nSPS) is 26.2. The highest BCUT2D eigenvalue weighted by Gasteiger charge is 2.36. The van der Waals surface area contributed by atoms with Gasteiger partial charge >= 0.3 is 0 Å². The summed E-state index contributed by atoms with van der Waals surface area (Å²) in [5, 5.41) is 29.4. The minimum Gasteiger partial charge on any atom is -0.394 e. The summed E-state index contributed by atoms with van der Waals surface area (Å²) in [6.07, 6.45) is -2.78. The van der Waals surface area contributed by atoms with Gasteiger partial charge in [0.05, 0.1) is 18.8 Å². The zero-order valence-corrected chi connectivity index (χ0v) is 15.2. The average molecular weight is 357 g/mol. The second kappa shape index (κ2) is 8.29. The summed E-state index contributed by atoms with van der Waals surface area (Å²) in [4.78, 5) is 2.14. The molecule has 0 spiro atoms. The highest BCUT2D eigenvalue weighted by molar-refractivity contribution is 5.68. The molecule has 0 saturated carbocycles. The molecule has 1 heterocycles. The molecule has 5 heteroatoms. The van der Waals surface area contributed by atoms with E-state index in [2.05, 4.69) is 29.2 Å². The first kappa shape index (κ1) is 19.0. The Balaban J connectivity index is 1.90. The van der Waals surface area contributed by atoms with E-state index in [1.807, 2.05) is 38.4 Å². The Hall–Kier alpha value is -1.76. The summed E-state index contributed by atoms with van der Waals surface area (Å²) in [5.74, 6) is 0. The monoisotopic (exact) mass is 357 g/mol. The summed E-state index contributed by atoms with van der Waals surface area (Å²) < 4.78 is 5.82. The number of aliphatic hydroxyl groups is 3. The van der Waals surface area contributed by atoms with Gasteiger partial charge in [-0.05, 0) is 42.4 Å². The number of ether oxygens (including phenoxy) is 1. The standard InChI is InChI=1S/C21H27NO4/c1-22(2)12-16-6-3-4-9-17(16)14-7-5-8-15(10-14)19-11-18(24)21(25)20(13-23)26-19/h3-10,18-21,23-25H,11-13H2,1-2H3. The van der Waals surface area contributed by atoms with Gasteiger partial charge in [0.1, 0.15) is 12.2 Å². The molecule has 0 bridgehead atoms. The molecule has 140 valence electrons. The quantitative estimate of drug-likeness (QED) is 0.763. The summed E-state index contributed by atoms with van der Waals surface area (Å²) in [7, 11) is 4.09. The molecule has 1 saturated heterocycles. The first-order valence-corrected chi connectivity index (χ1v) is 8.95. The van der Waals surface area contributed by atoms with E-state index in [-0.39, 0.29) is 12.7 Å². The topological polar surface area (TPSA) is 73.2 Å². The first-order chi connectivity index (χ1) is 12.5. The minimum absolute atomic E-state index is 0.306. The van der Waals surface area contributed by atoms with Crippen molar-refractivity contribution in [3.8, 4) is 11.1 Å². The molecule has 3 rings (SSSR count). The Morgan fingerprint density at radius 2 is 1.85 bits per heavy atom. The van der Waals surface area contributed by atoms with Crippen molar-refractivity contribution in [2.75, 3.05) is 20.7 Å². The van der Waals surface area contributed by atoms with E-state index in [4.69, 9.17) is 4.74 Å². The van der Waals surface area contributed by atoms with Crippen molar-refractivity contribution >= 4 is 0 Å². The lowest BCUT2D eigenvalue weighted by Gasteiger charge is -2.36. The van der Waals surface area contributed by atoms with Crippen LogP contribution in [0.2, 0.25) is 0 Å². The second-order valence-electron chi connectivity index (χ2n) is 7.16. The lowest BCUT2D eigenvalue weighted by Crippen LogP contribution is -2.47. The predicted octanol–water partition coefficient (Wildman–Crippen LogP) is 1.96. The van der Waals surface area contributed by atoms with Gasteiger partial charge in [0.2, 0.25) is 0 Å². The molecule has 4 unspecified atom stereocenters. The Kier molecular flexibility index (Phi) is 6.06. The molecule has 3 N–H and O–H groups in total. The van der Waals surface area contributed by atoms with Gasteiger partial charge < -0.3 is 25.0 Å². The fraction of sp³-hybridized carbons (Fsp3) is 0.429. The molecule has 5 nitrogen and oxygen atoms in total. The van der Waals surface area contributed by atoms with Crippen LogP contribution in [-0.2, 0) is 11.3 Å². The summed E-state index contributed by atoms with van der Waals surface area (Å²) >= 11 is 0. The zero-order valence-electron chi connectivity index (χ0n) is 15.2. The maximum atomic E-state index is 10.1. The van der Waals surface area contributed by atoms with Gasteiger partial charge in [0, 0.05) is 13.0 Å². The van der Waals surface area contributed by atoms with E-state index in [0.717, 1.165) is 23.2 Å². The number of nitrogens with zero attached hydrogens (tertiary/aromatic N) is 1. The van der Waals surface area contributed by atoms with Crippen LogP contribution in [0.3, 0.4) is 0 Å². The fourth-order valence-electron chi connectivity index (χ4n) is 3.51. The number of aliphatic hydroxyl groups excluding tert-OH is 3. The molecular formula is C21H27NO4. The number of hydrogen-bond acceptors (Lipinski definition) is 5. The van der Waals surface area contributed by atoms with Gasteiger partial charge in [-0.2, -0.15) is 0 Å². The third kappa shape index (κ3) is 4.14. The zero-order chi connectivity index (χ0) is 18.7. The summed E-state index contributed by atoms with van der Waals surface area (Å²) in [5.41, 5.74) is 4.43. The van der Waals surface area contributed by atoms with Crippen LogP contribution in [0.15, 0.2) is 48.5 Å². The molecule has 0 aliphatic carbocycles. The second-order valence-corrected chi connectivity index (χ2v) is 7.16. The molecule has 4 atom stereocenters. The average Bonchev–Trinajstić information content (AvgIpc) is 2.64. The molecule has 0 aromatic heterocycles. The predicted molar refractivity (Wildman–Crippen MR) is 101 cm³/mol. The van der Waals surface area contributed by atoms with Crippen molar-refractivity contribution < 1.29 is 20.1 Å². The van der Waals surface area contributed by atoms with Crippen LogP contribution in [0, 0.1) is 0 Å². The van der Waals surface area contributed by atoms with Crippen LogP contribution in [0.1, 0.15) is 23.7 Å². The highest BCUT2D eigenvalue weighted by Crippen LogP contribution is 2.34. The molecule has 1 aliphatic rings. The highest BCUT2D eigenvalue weighted by atomic mass is 16.5. The van der Waals surface area contributed by atoms with E-state index in [1.54, 1.807) is 0 Å². The maximum absolute atomic E-state index is 10.1. The number of rotatable bonds is 5. The third-order valence-corrected chi connectivity index (χ3v) is 4.82. The smallest absolute Gasteiger partial charge is 0.110 e. The van der Waals surface area contributed by atoms with Gasteiger partial charge in [-0.15, -0.1) is 0 Å². The molecule has 0 amide bonds. The Morgan fingerprint density at radius 3 is 2.58 bits per heavy atom. The van der Waals surface area contributed by atoms with Crippen LogP contribution in [0.25, 0.3) is 11.1 Å². The molecule has 1 fully saturated rings. The summed E-state index contributed by atoms with van der Waals surface area (Å²) in [6, 6.07) is 16.4. The Labute approximate surface area is 154 Å². The first-order valence-electron chi connectivity index (χ1n) is 8.95. The van der Waals surface area contributed by atoms with Gasteiger partial charge in [0.25, 0.3) is 0 Å². The Bertz CT molecular complexity index is 733. The Morgan fingerprint density at radius 1 is 1.08 bits per heavy atom. The van der Waals surface area contributed by atoms with E-state index in [1.165, 1.54) is 5.56 Å². The largest absolute Gasteiger partial charge is 0.394 e. The number of hydrogen-bond donors (Lipinski definition) is 3. The maximum Gasteiger partial charge on any atom is 0.110 e. The van der Waals surface area contributed by atoms with Crippen LogP contribution in [-0.4, -0.2) is 59.2 Å². The molecule has 26 heavy (non-hydrogen) atoms. The van der Waals surface area contributed by atoms with Gasteiger partial charge in [-0.25, -0.2) is 0 Å². The van der Waals surface area contributed by atoms with Crippen LogP contribution in [0.4, 0.5) is 0 Å². The van der Waals surface area contributed by atoms with Gasteiger partial charge in [-0.3, -0.25) is 0 Å². The van der Waals surface area contributed by atoms with Gasteiger partial charge in [-0.1, -0.05) is 42.5 Å². The molecule has 2 aromatic rings. The molecule has 1 aliphatic heterocycles. The third-order valence-electron chi connectivity index (χ3n) is 4.82. The SMILES string of the molecule is CN(C)Cc1ccccc1-c1cccc(C2CC(O)C(O)C(CO)O2)c1. The van der Waals surface area contributed by atoms with Crippen molar-refractivity contribution in [1.82, 2.24) is 4.90 Å². The molecule has 0 radical (unpaired) electrons. The summed E-state index contributed by atoms with van der Waals surface area (Å²) in [6.45, 7) is 0.526. The number of benzene rings is 2. The molecular weight excluding hydrogens is 330 g/mol. The van der Waals surface area contributed by atoms with E-state index in [0.29, 0.717) is 6.42 Å². The molecule has 2 aromatic carbocycles. The minimum atomic E-state index is -1.06. The lowest BCUT2D eigenvalue weighted by atomic mass is 9.91. The van der Waals surface area contributed by atoms with E-state index < -0.39 is 18.3 Å². The van der Waals surface area contributed by atoms with Crippen molar-refractivity contribution in [2.45, 2.75) is 37.4 Å². The van der Waals surface area contributed by atoms with E-state index >= 15 is 0 Å². The van der Waals surface area contributed by atoms with Crippen LogP contribution in [0.5, 0.6) is 0 Å². The van der Waals surface area contributed by atoms with Crippen molar-refractivity contribution in [2.24, 2.45) is 0 Å². The van der Waals surface area contributed by atoms with E-state index in [9.17, 15) is 15.3 Å². The lowest BCUT2D eigenvalue weighted by molar-refractivity contribution is -0.181. The van der Waals surface area contributed by atoms with Crippen LogP contribution < -0.4 is 0 Å². The van der Waals surface area contributed by atoms with Crippen LogP contribution >= 0.6 is 0 Å². The van der Waals surface area contributed by atoms with Crippen molar-refractivity contribution in [3.05, 3.63) is 59.7 Å².